The zero-order valence-electron chi connectivity index (χ0n) is 12.9. The van der Waals surface area contributed by atoms with Crippen molar-refractivity contribution in [2.45, 2.75) is 45.6 Å². The van der Waals surface area contributed by atoms with Crippen LogP contribution in [0.5, 0.6) is 0 Å². The highest BCUT2D eigenvalue weighted by Gasteiger charge is 2.24. The molecule has 0 fully saturated rings. The number of anilines is 2. The summed E-state index contributed by atoms with van der Waals surface area (Å²) in [4.78, 5) is 12.6. The third kappa shape index (κ3) is 2.73. The third-order valence-corrected chi connectivity index (χ3v) is 4.09. The summed E-state index contributed by atoms with van der Waals surface area (Å²) >= 11 is 0. The van der Waals surface area contributed by atoms with Crippen molar-refractivity contribution in [3.05, 3.63) is 40.5 Å². The number of hydrogen-bond acceptors (Lipinski definition) is 5. The number of nitrogens with two attached hydrogens (primary N) is 1. The molecule has 0 radical (unpaired) electrons. The van der Waals surface area contributed by atoms with Crippen molar-refractivity contribution in [1.82, 2.24) is 15.0 Å². The average Bonchev–Trinajstić information content (AvgIpc) is 2.51. The van der Waals surface area contributed by atoms with Crippen molar-refractivity contribution < 1.29 is 4.39 Å². The van der Waals surface area contributed by atoms with E-state index < -0.39 is 0 Å². The highest BCUT2D eigenvalue weighted by atomic mass is 19.1. The van der Waals surface area contributed by atoms with Gasteiger partial charge in [0, 0.05) is 6.42 Å². The maximum absolute atomic E-state index is 14.3. The Labute approximate surface area is 129 Å². The van der Waals surface area contributed by atoms with Crippen molar-refractivity contribution in [2.75, 3.05) is 11.1 Å². The van der Waals surface area contributed by atoms with Crippen molar-refractivity contribution in [3.8, 4) is 0 Å². The van der Waals surface area contributed by atoms with E-state index in [0.717, 1.165) is 30.4 Å². The monoisotopic (exact) mass is 301 g/mol. The van der Waals surface area contributed by atoms with E-state index in [-0.39, 0.29) is 17.8 Å². The van der Waals surface area contributed by atoms with Crippen LogP contribution in [0.4, 0.5) is 16.3 Å². The lowest BCUT2D eigenvalue weighted by molar-refractivity contribution is 0.541. The molecule has 1 aliphatic carbocycles. The molecule has 1 unspecified atom stereocenters. The van der Waals surface area contributed by atoms with Gasteiger partial charge in [0.25, 0.3) is 0 Å². The Hall–Kier alpha value is -2.24. The summed E-state index contributed by atoms with van der Waals surface area (Å²) in [7, 11) is 0. The molecule has 0 spiro atoms. The molecule has 0 amide bonds. The minimum absolute atomic E-state index is 0.00496. The molecule has 1 aromatic heterocycles. The summed E-state index contributed by atoms with van der Waals surface area (Å²) in [5, 5.41) is 3.29. The van der Waals surface area contributed by atoms with Crippen LogP contribution < -0.4 is 11.1 Å². The van der Waals surface area contributed by atoms with Crippen LogP contribution in [-0.4, -0.2) is 15.0 Å². The summed E-state index contributed by atoms with van der Waals surface area (Å²) in [5.41, 5.74) is 8.21. The first-order valence-corrected chi connectivity index (χ1v) is 7.63. The quantitative estimate of drug-likeness (QED) is 0.911. The molecular formula is C16H20FN5. The summed E-state index contributed by atoms with van der Waals surface area (Å²) in [6, 6.07) is 3.83. The predicted octanol–water partition coefficient (Wildman–Crippen LogP) is 2.95. The zero-order valence-corrected chi connectivity index (χ0v) is 12.9. The van der Waals surface area contributed by atoms with Gasteiger partial charge in [0.2, 0.25) is 11.9 Å². The Balaban J connectivity index is 1.92. The Morgan fingerprint density at radius 3 is 2.91 bits per heavy atom. The Morgan fingerprint density at radius 1 is 1.32 bits per heavy atom. The van der Waals surface area contributed by atoms with E-state index in [1.165, 1.54) is 0 Å². The molecule has 1 atom stereocenters. The molecule has 3 rings (SSSR count). The number of fused-ring (bicyclic) bond motifs is 1. The van der Waals surface area contributed by atoms with Crippen LogP contribution in [-0.2, 0) is 12.8 Å². The second kappa shape index (κ2) is 5.87. The SMILES string of the molecule is CCc1nc(N)nc(NC2CCCc3c2ccc(C)c3F)n1. The van der Waals surface area contributed by atoms with Gasteiger partial charge in [-0.25, -0.2) is 4.39 Å². The lowest BCUT2D eigenvalue weighted by Crippen LogP contribution is -2.21. The largest absolute Gasteiger partial charge is 0.368 e. The first-order valence-electron chi connectivity index (χ1n) is 7.63. The van der Waals surface area contributed by atoms with E-state index in [2.05, 4.69) is 20.3 Å². The minimum atomic E-state index is -0.0894. The zero-order chi connectivity index (χ0) is 15.7. The third-order valence-electron chi connectivity index (χ3n) is 4.09. The number of aryl methyl sites for hydroxylation is 2. The van der Waals surface area contributed by atoms with Crippen LogP contribution in [0.3, 0.4) is 0 Å². The first kappa shape index (κ1) is 14.7. The normalized spacial score (nSPS) is 17.1. The van der Waals surface area contributed by atoms with Gasteiger partial charge in [0.15, 0.2) is 0 Å². The molecular weight excluding hydrogens is 281 g/mol. The molecule has 0 aliphatic heterocycles. The van der Waals surface area contributed by atoms with E-state index >= 15 is 0 Å². The van der Waals surface area contributed by atoms with E-state index in [9.17, 15) is 4.39 Å². The molecule has 116 valence electrons. The maximum Gasteiger partial charge on any atom is 0.228 e. The van der Waals surface area contributed by atoms with Crippen LogP contribution in [0.1, 0.15) is 48.3 Å². The van der Waals surface area contributed by atoms with Crippen LogP contribution >= 0.6 is 0 Å². The van der Waals surface area contributed by atoms with E-state index in [1.807, 2.05) is 19.1 Å². The summed E-state index contributed by atoms with van der Waals surface area (Å²) < 4.78 is 14.3. The van der Waals surface area contributed by atoms with Crippen LogP contribution in [0, 0.1) is 12.7 Å². The molecule has 5 nitrogen and oxygen atoms in total. The molecule has 6 heteroatoms. The number of rotatable bonds is 3. The fourth-order valence-electron chi connectivity index (χ4n) is 2.94. The van der Waals surface area contributed by atoms with Gasteiger partial charge in [-0.3, -0.25) is 0 Å². The average molecular weight is 301 g/mol. The molecule has 2 aromatic rings. The fraction of sp³-hybridized carbons (Fsp3) is 0.438. The Kier molecular flexibility index (Phi) is 3.92. The highest BCUT2D eigenvalue weighted by Crippen LogP contribution is 2.34. The van der Waals surface area contributed by atoms with E-state index in [1.54, 1.807) is 6.92 Å². The van der Waals surface area contributed by atoms with Crippen LogP contribution in [0.2, 0.25) is 0 Å². The van der Waals surface area contributed by atoms with Crippen LogP contribution in [0.25, 0.3) is 0 Å². The standard InChI is InChI=1S/C16H20FN5/c1-3-13-20-15(18)22-16(21-13)19-12-6-4-5-11-10(12)8-7-9(2)14(11)17/h7-8,12H,3-6H2,1-2H3,(H3,18,19,20,21,22). The van der Waals surface area contributed by atoms with Gasteiger partial charge in [-0.1, -0.05) is 19.1 Å². The molecule has 3 N–H and O–H groups in total. The maximum atomic E-state index is 14.3. The number of nitrogen functional groups attached to an aromatic ring is 1. The number of nitrogens with zero attached hydrogens (tertiary/aromatic N) is 3. The Morgan fingerprint density at radius 2 is 2.14 bits per heavy atom. The molecule has 0 saturated carbocycles. The van der Waals surface area contributed by atoms with Gasteiger partial charge >= 0.3 is 0 Å². The van der Waals surface area contributed by atoms with Gasteiger partial charge in [-0.2, -0.15) is 15.0 Å². The topological polar surface area (TPSA) is 76.7 Å². The second-order valence-corrected chi connectivity index (χ2v) is 5.64. The number of nitrogens with one attached hydrogen (secondary N) is 1. The number of aromatic nitrogens is 3. The van der Waals surface area contributed by atoms with Crippen molar-refractivity contribution >= 4 is 11.9 Å². The second-order valence-electron chi connectivity index (χ2n) is 5.64. The predicted molar refractivity (Wildman–Crippen MR) is 84.1 cm³/mol. The number of hydrogen-bond donors (Lipinski definition) is 2. The van der Waals surface area contributed by atoms with E-state index in [0.29, 0.717) is 23.8 Å². The number of halogens is 1. The van der Waals surface area contributed by atoms with Gasteiger partial charge < -0.3 is 11.1 Å². The smallest absolute Gasteiger partial charge is 0.228 e. The molecule has 1 aliphatic rings. The van der Waals surface area contributed by atoms with Gasteiger partial charge in [0.05, 0.1) is 6.04 Å². The lowest BCUT2D eigenvalue weighted by atomic mass is 9.86. The molecule has 1 aromatic carbocycles. The summed E-state index contributed by atoms with van der Waals surface area (Å²) in [5.74, 6) is 1.23. The summed E-state index contributed by atoms with van der Waals surface area (Å²) in [6.07, 6.45) is 3.33. The first-order chi connectivity index (χ1) is 10.6. The van der Waals surface area contributed by atoms with Gasteiger partial charge in [0.1, 0.15) is 11.6 Å². The molecule has 0 bridgehead atoms. The fourth-order valence-corrected chi connectivity index (χ4v) is 2.94. The van der Waals surface area contributed by atoms with Crippen molar-refractivity contribution in [2.24, 2.45) is 0 Å². The van der Waals surface area contributed by atoms with Crippen molar-refractivity contribution in [3.63, 3.8) is 0 Å². The molecule has 22 heavy (non-hydrogen) atoms. The van der Waals surface area contributed by atoms with Gasteiger partial charge in [-0.15, -0.1) is 0 Å². The minimum Gasteiger partial charge on any atom is -0.368 e. The highest BCUT2D eigenvalue weighted by molar-refractivity contribution is 5.42. The van der Waals surface area contributed by atoms with Crippen molar-refractivity contribution in [1.29, 1.82) is 0 Å². The lowest BCUT2D eigenvalue weighted by Gasteiger charge is -2.27. The Bertz CT molecular complexity index is 701. The molecule has 0 saturated heterocycles. The molecule has 1 heterocycles. The van der Waals surface area contributed by atoms with Crippen LogP contribution in [0.15, 0.2) is 12.1 Å². The van der Waals surface area contributed by atoms with Gasteiger partial charge in [-0.05, 0) is 42.9 Å². The summed E-state index contributed by atoms with van der Waals surface area (Å²) in [6.45, 7) is 3.76. The number of benzene rings is 1. The van der Waals surface area contributed by atoms with E-state index in [4.69, 9.17) is 5.73 Å².